The van der Waals surface area contributed by atoms with E-state index in [1.165, 1.54) is 11.8 Å². The summed E-state index contributed by atoms with van der Waals surface area (Å²) >= 11 is 0.354. The fraction of sp³-hybridized carbons (Fsp3) is 0.514. The van der Waals surface area contributed by atoms with Gasteiger partial charge >= 0.3 is 12.4 Å². The molecule has 0 spiro atoms. The van der Waals surface area contributed by atoms with Gasteiger partial charge in [0, 0.05) is 74.7 Å². The number of halogens is 7. The number of carbonyl (C=O) groups excluding carboxylic acids is 3. The number of ether oxygens (including phenoxy) is 2. The number of ketones is 1. The van der Waals surface area contributed by atoms with Crippen molar-refractivity contribution in [3.8, 4) is 11.5 Å². The first kappa shape index (κ1) is 40.0. The lowest BCUT2D eigenvalue weighted by Gasteiger charge is -2.51. The zero-order valence-corrected chi connectivity index (χ0v) is 30.0. The summed E-state index contributed by atoms with van der Waals surface area (Å²) in [5.74, 6) is -1.74. The summed E-state index contributed by atoms with van der Waals surface area (Å²) < 4.78 is 112. The first-order valence-corrected chi connectivity index (χ1v) is 18.2. The normalized spacial score (nSPS) is 20.6. The van der Waals surface area contributed by atoms with E-state index < -0.39 is 57.5 Å². The maximum Gasteiger partial charge on any atom is 0.425 e. The van der Waals surface area contributed by atoms with Crippen LogP contribution in [0.4, 0.5) is 30.7 Å². The van der Waals surface area contributed by atoms with E-state index in [9.17, 15) is 40.7 Å². The van der Waals surface area contributed by atoms with Crippen molar-refractivity contribution in [2.45, 2.75) is 94.9 Å². The number of pyridine rings is 1. The summed E-state index contributed by atoms with van der Waals surface area (Å²) in [6, 6.07) is 6.79. The molecule has 2 aromatic heterocycles. The first-order chi connectivity index (χ1) is 25.0. The van der Waals surface area contributed by atoms with Gasteiger partial charge < -0.3 is 24.1 Å². The first-order valence-electron chi connectivity index (χ1n) is 17.4. The quantitative estimate of drug-likeness (QED) is 0.135. The van der Waals surface area contributed by atoms with E-state index in [0.29, 0.717) is 42.4 Å². The summed E-state index contributed by atoms with van der Waals surface area (Å²) in [5.41, 5.74) is -5.62. The van der Waals surface area contributed by atoms with Gasteiger partial charge in [-0.3, -0.25) is 14.6 Å². The van der Waals surface area contributed by atoms with Gasteiger partial charge in [-0.2, -0.15) is 26.3 Å². The lowest BCUT2D eigenvalue weighted by Crippen LogP contribution is -2.68. The Morgan fingerprint density at radius 1 is 1.00 bits per heavy atom. The van der Waals surface area contributed by atoms with Crippen LogP contribution in [-0.4, -0.2) is 70.3 Å². The third kappa shape index (κ3) is 8.79. The minimum atomic E-state index is -4.90. The number of hydrogen-bond acceptors (Lipinski definition) is 7. The van der Waals surface area contributed by atoms with Crippen LogP contribution in [0.2, 0.25) is 0 Å². The molecule has 1 aromatic carbocycles. The van der Waals surface area contributed by atoms with Gasteiger partial charge in [-0.1, -0.05) is 31.5 Å². The molecule has 8 nitrogen and oxygen atoms in total. The third-order valence-corrected chi connectivity index (χ3v) is 10.7. The topological polar surface area (TPSA) is 89.0 Å². The van der Waals surface area contributed by atoms with Crippen LogP contribution in [0, 0.1) is 0 Å². The van der Waals surface area contributed by atoms with Gasteiger partial charge in [-0.05, 0) is 38.3 Å². The number of hydrogen-bond donors (Lipinski definition) is 0. The molecule has 2 amide bonds. The number of aromatic nitrogens is 1. The second kappa shape index (κ2) is 16.0. The van der Waals surface area contributed by atoms with Crippen LogP contribution in [0.25, 0.3) is 0 Å². The predicted molar refractivity (Wildman–Crippen MR) is 181 cm³/mol. The number of thiophene rings is 1. The highest BCUT2D eigenvalue weighted by atomic mass is 32.1. The second-order valence-electron chi connectivity index (χ2n) is 13.4. The Kier molecular flexibility index (Phi) is 12.1. The molecule has 0 N–H and O–H groups in total. The molecule has 16 heteroatoms. The summed E-state index contributed by atoms with van der Waals surface area (Å²) in [6.07, 6.45) is -7.10. The number of likely N-dealkylation sites (tertiary alicyclic amines) is 2. The van der Waals surface area contributed by atoms with Gasteiger partial charge in [0.2, 0.25) is 5.60 Å². The van der Waals surface area contributed by atoms with Gasteiger partial charge in [0.15, 0.2) is 0 Å². The highest BCUT2D eigenvalue weighted by molar-refractivity contribution is 7.10. The summed E-state index contributed by atoms with van der Waals surface area (Å²) in [6.45, 7) is 3.07. The minimum absolute atomic E-state index is 0.00260. The van der Waals surface area contributed by atoms with Crippen LogP contribution in [0.5, 0.6) is 11.5 Å². The third-order valence-electron chi connectivity index (χ3n) is 9.70. The summed E-state index contributed by atoms with van der Waals surface area (Å²) in [7, 11) is 0. The van der Waals surface area contributed by atoms with E-state index in [-0.39, 0.29) is 75.4 Å². The lowest BCUT2D eigenvalue weighted by atomic mass is 9.78. The molecule has 2 fully saturated rings. The van der Waals surface area contributed by atoms with E-state index >= 15 is 4.39 Å². The number of carbonyl (C=O) groups is 3. The number of nitrogens with zero attached hydrogens (tertiary/aromatic N) is 3. The minimum Gasteiger partial charge on any atom is -0.493 e. The Bertz CT molecular complexity index is 1770. The zero-order valence-electron chi connectivity index (χ0n) is 29.2. The van der Waals surface area contributed by atoms with Crippen LogP contribution in [0.1, 0.15) is 91.6 Å². The van der Waals surface area contributed by atoms with Crippen molar-refractivity contribution in [3.63, 3.8) is 0 Å². The number of benzene rings is 1. The van der Waals surface area contributed by atoms with Crippen molar-refractivity contribution in [2.75, 3.05) is 26.2 Å². The number of amides is 2. The molecular weight excluding hydrogens is 731 g/mol. The molecule has 5 rings (SSSR count). The van der Waals surface area contributed by atoms with Gasteiger partial charge in [-0.15, -0.1) is 11.3 Å². The molecule has 0 aliphatic carbocycles. The number of alkyl halides is 7. The van der Waals surface area contributed by atoms with Crippen molar-refractivity contribution in [1.82, 2.24) is 14.8 Å². The Morgan fingerprint density at radius 2 is 1.72 bits per heavy atom. The SMILES string of the molecule is CCC[C@H]1N(C(=O)c2cnccc2C(F)(F)F)CCC[C@@]1(Oc1csc(C(F)(F)F)c1)C(=O)N1CCC(F)(c2ccccc2OCCCC(C)=O)CC1. The summed E-state index contributed by atoms with van der Waals surface area (Å²) in [4.78, 5) is 45.4. The summed E-state index contributed by atoms with van der Waals surface area (Å²) in [5, 5.41) is 1.10. The number of Topliss-reactive ketones (excluding diaryl/α,β-unsaturated/α-hetero) is 1. The molecule has 0 radical (unpaired) electrons. The average Bonchev–Trinajstić information content (AvgIpc) is 3.60. The number of rotatable bonds is 12. The Hall–Kier alpha value is -4.21. The van der Waals surface area contributed by atoms with E-state index in [0.717, 1.165) is 28.7 Å². The van der Waals surface area contributed by atoms with Crippen LogP contribution < -0.4 is 9.47 Å². The van der Waals surface area contributed by atoms with Crippen LogP contribution in [-0.2, 0) is 27.6 Å². The van der Waals surface area contributed by atoms with Crippen molar-refractivity contribution in [1.29, 1.82) is 0 Å². The maximum atomic E-state index is 16.8. The van der Waals surface area contributed by atoms with Crippen molar-refractivity contribution in [2.24, 2.45) is 0 Å². The monoisotopic (exact) mass is 771 g/mol. The van der Waals surface area contributed by atoms with E-state index in [2.05, 4.69) is 4.98 Å². The second-order valence-corrected chi connectivity index (χ2v) is 14.3. The molecular formula is C37H40F7N3O5S. The van der Waals surface area contributed by atoms with Crippen molar-refractivity contribution >= 4 is 28.9 Å². The van der Waals surface area contributed by atoms with Gasteiger partial charge in [0.25, 0.3) is 11.8 Å². The smallest absolute Gasteiger partial charge is 0.425 e. The molecule has 0 unspecified atom stereocenters. The van der Waals surface area contributed by atoms with E-state index in [4.69, 9.17) is 9.47 Å². The van der Waals surface area contributed by atoms with Gasteiger partial charge in [0.05, 0.1) is 23.8 Å². The average molecular weight is 772 g/mol. The van der Waals surface area contributed by atoms with Crippen molar-refractivity contribution in [3.05, 3.63) is 75.7 Å². The predicted octanol–water partition coefficient (Wildman–Crippen LogP) is 8.64. The number of piperidine rings is 2. The van der Waals surface area contributed by atoms with E-state index in [1.807, 2.05) is 0 Å². The number of para-hydroxylation sites is 1. The molecule has 53 heavy (non-hydrogen) atoms. The molecule has 4 heterocycles. The van der Waals surface area contributed by atoms with Crippen LogP contribution >= 0.6 is 11.3 Å². The molecule has 0 saturated carbocycles. The molecule has 0 bridgehead atoms. The van der Waals surface area contributed by atoms with E-state index in [1.54, 1.807) is 31.2 Å². The van der Waals surface area contributed by atoms with Gasteiger partial charge in [0.1, 0.15) is 27.8 Å². The Balaban J connectivity index is 1.48. The molecule has 2 aliphatic rings. The molecule has 2 saturated heterocycles. The highest BCUT2D eigenvalue weighted by Crippen LogP contribution is 2.45. The lowest BCUT2D eigenvalue weighted by molar-refractivity contribution is -0.162. The van der Waals surface area contributed by atoms with Crippen LogP contribution in [0.15, 0.2) is 54.2 Å². The molecule has 288 valence electrons. The Labute approximate surface area is 306 Å². The molecule has 3 aromatic rings. The van der Waals surface area contributed by atoms with Crippen molar-refractivity contribution < 1.29 is 54.6 Å². The molecule has 2 aliphatic heterocycles. The van der Waals surface area contributed by atoms with Crippen LogP contribution in [0.3, 0.4) is 0 Å². The highest BCUT2D eigenvalue weighted by Gasteiger charge is 2.57. The zero-order chi connectivity index (χ0) is 38.6. The molecule has 2 atom stereocenters. The fourth-order valence-corrected chi connectivity index (χ4v) is 7.85. The maximum absolute atomic E-state index is 16.8. The Morgan fingerprint density at radius 3 is 2.36 bits per heavy atom. The fourth-order valence-electron chi connectivity index (χ4n) is 7.17. The largest absolute Gasteiger partial charge is 0.493 e. The van der Waals surface area contributed by atoms with Gasteiger partial charge in [-0.25, -0.2) is 4.39 Å². The standard InChI is InChI=1S/C37H40F7N3O5S/c1-3-8-30-35(52-25-21-31(53-23-25)37(42,43)44,13-7-17-47(30)32(49)26-22-45-16-12-27(26)36(39,40)41)33(50)46-18-14-34(38,15-19-46)28-10-4-5-11-29(28)51-20-6-9-24(2)48/h4-5,10-12,16,21-23,30H,3,6-9,13-15,17-20H2,1-2H3/t30-,35+/m1/s1.